The molecule has 0 aromatic carbocycles. The normalized spacial score (nSPS) is 12.8. The molecule has 1 aromatic heterocycles. The third-order valence-corrected chi connectivity index (χ3v) is 2.49. The van der Waals surface area contributed by atoms with E-state index in [0.717, 1.165) is 6.42 Å². The van der Waals surface area contributed by atoms with Gasteiger partial charge in [0.1, 0.15) is 0 Å². The zero-order valence-electron chi connectivity index (χ0n) is 8.96. The molecule has 0 aliphatic heterocycles. The number of nitrogens with zero attached hydrogens (tertiary/aromatic N) is 1. The third-order valence-electron chi connectivity index (χ3n) is 2.49. The number of nitrogens with two attached hydrogens (primary N) is 1. The van der Waals surface area contributed by atoms with Crippen molar-refractivity contribution in [3.05, 3.63) is 29.6 Å². The van der Waals surface area contributed by atoms with Crippen molar-refractivity contribution < 1.29 is 0 Å². The van der Waals surface area contributed by atoms with Crippen LogP contribution in [0.2, 0.25) is 0 Å². The van der Waals surface area contributed by atoms with Crippen LogP contribution in [-0.2, 0) is 0 Å². The van der Waals surface area contributed by atoms with Gasteiger partial charge >= 0.3 is 0 Å². The molecule has 0 saturated carbocycles. The van der Waals surface area contributed by atoms with E-state index in [2.05, 4.69) is 24.3 Å². The van der Waals surface area contributed by atoms with Crippen molar-refractivity contribution in [1.82, 2.24) is 10.4 Å². The molecule has 0 bridgehead atoms. The van der Waals surface area contributed by atoms with Gasteiger partial charge in [0.05, 0.1) is 0 Å². The molecule has 0 radical (unpaired) electrons. The van der Waals surface area contributed by atoms with Gasteiger partial charge in [-0.25, -0.2) is 0 Å². The molecule has 1 aromatic rings. The lowest BCUT2D eigenvalue weighted by atomic mass is 9.99. The Bertz CT molecular complexity index is 273. The maximum Gasteiger partial charge on any atom is 0.0463 e. The standard InChI is InChI=1S/C11H19N3/c1-3-4-5-11(14-12)10-6-7-13-8-9(10)2/h6-8,11,14H,3-5,12H2,1-2H3. The van der Waals surface area contributed by atoms with Crippen molar-refractivity contribution in [2.45, 2.75) is 39.2 Å². The first-order valence-electron chi connectivity index (χ1n) is 5.16. The second kappa shape index (κ2) is 5.73. The predicted octanol–water partition coefficient (Wildman–Crippen LogP) is 2.08. The van der Waals surface area contributed by atoms with Crippen LogP contribution in [0.1, 0.15) is 43.4 Å². The molecule has 0 fully saturated rings. The quantitative estimate of drug-likeness (QED) is 0.556. The summed E-state index contributed by atoms with van der Waals surface area (Å²) in [5.41, 5.74) is 5.33. The van der Waals surface area contributed by atoms with Crippen LogP contribution in [0.5, 0.6) is 0 Å². The van der Waals surface area contributed by atoms with Gasteiger partial charge in [0.15, 0.2) is 0 Å². The highest BCUT2D eigenvalue weighted by Gasteiger charge is 2.10. The topological polar surface area (TPSA) is 50.9 Å². The van der Waals surface area contributed by atoms with E-state index < -0.39 is 0 Å². The van der Waals surface area contributed by atoms with E-state index in [0.29, 0.717) is 0 Å². The first kappa shape index (κ1) is 11.1. The Morgan fingerprint density at radius 2 is 2.36 bits per heavy atom. The number of hydrazine groups is 1. The summed E-state index contributed by atoms with van der Waals surface area (Å²) in [6, 6.07) is 2.30. The number of aryl methyl sites for hydroxylation is 1. The number of pyridine rings is 1. The summed E-state index contributed by atoms with van der Waals surface area (Å²) < 4.78 is 0. The van der Waals surface area contributed by atoms with Gasteiger partial charge in [-0.1, -0.05) is 19.8 Å². The Morgan fingerprint density at radius 3 is 2.93 bits per heavy atom. The minimum atomic E-state index is 0.262. The van der Waals surface area contributed by atoms with Crippen molar-refractivity contribution in [3.8, 4) is 0 Å². The maximum atomic E-state index is 5.54. The molecule has 0 aliphatic rings. The number of nitrogens with one attached hydrogen (secondary N) is 1. The van der Waals surface area contributed by atoms with Crippen LogP contribution in [-0.4, -0.2) is 4.98 Å². The molecular weight excluding hydrogens is 174 g/mol. The molecule has 1 heterocycles. The predicted molar refractivity (Wildman–Crippen MR) is 58.6 cm³/mol. The van der Waals surface area contributed by atoms with E-state index in [1.165, 1.54) is 24.0 Å². The molecule has 1 unspecified atom stereocenters. The molecule has 1 atom stereocenters. The van der Waals surface area contributed by atoms with Gasteiger partial charge in [0.25, 0.3) is 0 Å². The highest BCUT2D eigenvalue weighted by atomic mass is 15.2. The SMILES string of the molecule is CCCCC(NN)c1ccncc1C. The summed E-state index contributed by atoms with van der Waals surface area (Å²) in [7, 11) is 0. The van der Waals surface area contributed by atoms with Gasteiger partial charge in [-0.2, -0.15) is 0 Å². The molecule has 3 N–H and O–H groups in total. The van der Waals surface area contributed by atoms with Crippen LogP contribution in [0, 0.1) is 6.92 Å². The van der Waals surface area contributed by atoms with Crippen LogP contribution < -0.4 is 11.3 Å². The van der Waals surface area contributed by atoms with E-state index in [1.54, 1.807) is 0 Å². The van der Waals surface area contributed by atoms with Gasteiger partial charge in [0.2, 0.25) is 0 Å². The zero-order chi connectivity index (χ0) is 10.4. The van der Waals surface area contributed by atoms with Crippen molar-refractivity contribution >= 4 is 0 Å². The minimum absolute atomic E-state index is 0.262. The molecule has 0 aliphatic carbocycles. The van der Waals surface area contributed by atoms with Crippen molar-refractivity contribution in [1.29, 1.82) is 0 Å². The lowest BCUT2D eigenvalue weighted by molar-refractivity contribution is 0.493. The molecule has 14 heavy (non-hydrogen) atoms. The average molecular weight is 193 g/mol. The summed E-state index contributed by atoms with van der Waals surface area (Å²) in [5.74, 6) is 5.54. The second-order valence-electron chi connectivity index (χ2n) is 3.59. The lowest BCUT2D eigenvalue weighted by Gasteiger charge is -2.17. The molecule has 3 heteroatoms. The van der Waals surface area contributed by atoms with Crippen molar-refractivity contribution in [3.63, 3.8) is 0 Å². The smallest absolute Gasteiger partial charge is 0.0463 e. The Morgan fingerprint density at radius 1 is 1.57 bits per heavy atom. The van der Waals surface area contributed by atoms with Gasteiger partial charge in [0, 0.05) is 18.4 Å². The molecule has 3 nitrogen and oxygen atoms in total. The summed E-state index contributed by atoms with van der Waals surface area (Å²) in [4.78, 5) is 4.07. The fraction of sp³-hybridized carbons (Fsp3) is 0.545. The molecule has 78 valence electrons. The molecule has 1 rings (SSSR count). The van der Waals surface area contributed by atoms with E-state index in [4.69, 9.17) is 5.84 Å². The van der Waals surface area contributed by atoms with Crippen LogP contribution in [0.3, 0.4) is 0 Å². The van der Waals surface area contributed by atoms with Gasteiger partial charge in [-0.3, -0.25) is 16.3 Å². The molecule has 0 amide bonds. The molecule has 0 saturated heterocycles. The number of rotatable bonds is 5. The highest BCUT2D eigenvalue weighted by Crippen LogP contribution is 2.20. The first-order chi connectivity index (χ1) is 6.79. The Kier molecular flexibility index (Phi) is 4.56. The first-order valence-corrected chi connectivity index (χ1v) is 5.16. The number of aromatic nitrogens is 1. The molecular formula is C11H19N3. The van der Waals surface area contributed by atoms with E-state index in [-0.39, 0.29) is 6.04 Å². The summed E-state index contributed by atoms with van der Waals surface area (Å²) in [6.07, 6.45) is 7.17. The fourth-order valence-electron chi connectivity index (χ4n) is 1.61. The van der Waals surface area contributed by atoms with Crippen molar-refractivity contribution in [2.75, 3.05) is 0 Å². The van der Waals surface area contributed by atoms with E-state index in [9.17, 15) is 0 Å². The van der Waals surface area contributed by atoms with E-state index >= 15 is 0 Å². The summed E-state index contributed by atoms with van der Waals surface area (Å²) in [6.45, 7) is 4.26. The summed E-state index contributed by atoms with van der Waals surface area (Å²) >= 11 is 0. The fourth-order valence-corrected chi connectivity index (χ4v) is 1.61. The van der Waals surface area contributed by atoms with Crippen LogP contribution in [0.15, 0.2) is 18.5 Å². The largest absolute Gasteiger partial charge is 0.271 e. The number of unbranched alkanes of at least 4 members (excludes halogenated alkanes) is 1. The van der Waals surface area contributed by atoms with Gasteiger partial charge in [-0.05, 0) is 30.5 Å². The third kappa shape index (κ3) is 2.79. The van der Waals surface area contributed by atoms with Crippen molar-refractivity contribution in [2.24, 2.45) is 5.84 Å². The summed E-state index contributed by atoms with van der Waals surface area (Å²) in [5, 5.41) is 0. The minimum Gasteiger partial charge on any atom is -0.271 e. The Labute approximate surface area is 85.7 Å². The van der Waals surface area contributed by atoms with Gasteiger partial charge < -0.3 is 0 Å². The Balaban J connectivity index is 2.73. The van der Waals surface area contributed by atoms with Crippen LogP contribution in [0.4, 0.5) is 0 Å². The highest BCUT2D eigenvalue weighted by molar-refractivity contribution is 5.25. The average Bonchev–Trinajstić information content (AvgIpc) is 2.21. The van der Waals surface area contributed by atoms with Gasteiger partial charge in [-0.15, -0.1) is 0 Å². The monoisotopic (exact) mass is 193 g/mol. The second-order valence-corrected chi connectivity index (χ2v) is 3.59. The molecule has 0 spiro atoms. The van der Waals surface area contributed by atoms with Crippen LogP contribution in [0.25, 0.3) is 0 Å². The Hall–Kier alpha value is -0.930. The maximum absolute atomic E-state index is 5.54. The van der Waals surface area contributed by atoms with Crippen LogP contribution >= 0.6 is 0 Å². The van der Waals surface area contributed by atoms with E-state index in [1.807, 2.05) is 18.5 Å². The lowest BCUT2D eigenvalue weighted by Crippen LogP contribution is -2.28. The number of hydrogen-bond acceptors (Lipinski definition) is 3. The zero-order valence-corrected chi connectivity index (χ0v) is 8.96. The number of hydrogen-bond donors (Lipinski definition) is 2.